The molecule has 1 N–H and O–H groups in total. The molecule has 2 aromatic carbocycles. The molecular weight excluding hydrogens is 475 g/mol. The highest BCUT2D eigenvalue weighted by atomic mass is 32.2. The topological polar surface area (TPSA) is 78.8 Å². The Morgan fingerprint density at radius 2 is 1.82 bits per heavy atom. The van der Waals surface area contributed by atoms with Gasteiger partial charge in [-0.25, -0.2) is 8.42 Å². The van der Waals surface area contributed by atoms with Crippen LogP contribution in [0.4, 0.5) is 24.5 Å². The quantitative estimate of drug-likeness (QED) is 0.690. The summed E-state index contributed by atoms with van der Waals surface area (Å²) in [5.41, 5.74) is 1.32. The third kappa shape index (κ3) is 5.35. The number of aliphatic imine (C=N–C) groups is 1. The zero-order valence-electron chi connectivity index (χ0n) is 17.9. The number of nitrogens with zero attached hydrogens (tertiary/aromatic N) is 2. The van der Waals surface area contributed by atoms with Gasteiger partial charge in [0.1, 0.15) is 6.54 Å². The number of amides is 1. The number of hydrogen-bond donors (Lipinski definition) is 1. The summed E-state index contributed by atoms with van der Waals surface area (Å²) in [4.78, 5) is 19.1. The van der Waals surface area contributed by atoms with Crippen molar-refractivity contribution in [1.29, 1.82) is 0 Å². The molecule has 6 nitrogen and oxygen atoms in total. The Labute approximate surface area is 194 Å². The van der Waals surface area contributed by atoms with E-state index in [1.54, 1.807) is 4.90 Å². The van der Waals surface area contributed by atoms with Gasteiger partial charge in [0.25, 0.3) is 0 Å². The van der Waals surface area contributed by atoms with Crippen molar-refractivity contribution in [1.82, 2.24) is 0 Å². The molecule has 2 aliphatic heterocycles. The highest BCUT2D eigenvalue weighted by Crippen LogP contribution is 2.38. The maximum atomic E-state index is 13.3. The highest BCUT2D eigenvalue weighted by Gasteiger charge is 2.44. The molecule has 2 heterocycles. The van der Waals surface area contributed by atoms with Crippen LogP contribution >= 0.6 is 11.8 Å². The van der Waals surface area contributed by atoms with E-state index >= 15 is 0 Å². The molecular formula is C22H22F3N3O3S2. The van der Waals surface area contributed by atoms with Crippen molar-refractivity contribution < 1.29 is 26.4 Å². The van der Waals surface area contributed by atoms with E-state index in [2.05, 4.69) is 10.3 Å². The Bertz CT molecular complexity index is 1210. The maximum Gasteiger partial charge on any atom is 0.418 e. The van der Waals surface area contributed by atoms with Gasteiger partial charge >= 0.3 is 6.18 Å². The first kappa shape index (κ1) is 23.6. The van der Waals surface area contributed by atoms with E-state index in [0.717, 1.165) is 17.2 Å². The number of nitrogens with one attached hydrogen (secondary N) is 1. The normalized spacial score (nSPS) is 21.4. The number of alkyl halides is 3. The third-order valence-electron chi connectivity index (χ3n) is 5.36. The van der Waals surface area contributed by atoms with Crippen molar-refractivity contribution in [3.05, 3.63) is 59.2 Å². The lowest BCUT2D eigenvalue weighted by Gasteiger charge is -2.25. The summed E-state index contributed by atoms with van der Waals surface area (Å²) in [6.45, 7) is 3.53. The lowest BCUT2D eigenvalue weighted by Crippen LogP contribution is -2.37. The van der Waals surface area contributed by atoms with Crippen LogP contribution in [0.5, 0.6) is 0 Å². The number of thioether (sulfide) groups is 1. The number of hydrogen-bond acceptors (Lipinski definition) is 6. The number of para-hydroxylation sites is 1. The third-order valence-corrected chi connectivity index (χ3v) is 8.61. The van der Waals surface area contributed by atoms with Gasteiger partial charge in [-0.2, -0.15) is 13.2 Å². The molecule has 0 unspecified atom stereocenters. The summed E-state index contributed by atoms with van der Waals surface area (Å²) in [5, 5.41) is 2.63. The molecule has 0 aromatic heterocycles. The average Bonchev–Trinajstić information content (AvgIpc) is 3.18. The zero-order chi connectivity index (χ0) is 24.0. The summed E-state index contributed by atoms with van der Waals surface area (Å²) in [6, 6.07) is 10.1. The lowest BCUT2D eigenvalue weighted by atomic mass is 10.1. The zero-order valence-corrected chi connectivity index (χ0v) is 19.5. The second-order valence-corrected chi connectivity index (χ2v) is 11.6. The number of carbonyl (C=O) groups excluding carboxylic acids is 1. The van der Waals surface area contributed by atoms with Gasteiger partial charge in [0.2, 0.25) is 5.91 Å². The number of anilines is 2. The van der Waals surface area contributed by atoms with Crippen LogP contribution in [0.25, 0.3) is 0 Å². The first-order valence-corrected chi connectivity index (χ1v) is 12.9. The average molecular weight is 498 g/mol. The minimum absolute atomic E-state index is 0.0151. The number of amidine groups is 1. The van der Waals surface area contributed by atoms with Crippen LogP contribution < -0.4 is 10.2 Å². The van der Waals surface area contributed by atoms with Gasteiger partial charge in [-0.1, -0.05) is 30.0 Å². The Morgan fingerprint density at radius 3 is 2.45 bits per heavy atom. The fourth-order valence-electron chi connectivity index (χ4n) is 4.02. The predicted molar refractivity (Wildman–Crippen MR) is 125 cm³/mol. The molecule has 0 radical (unpaired) electrons. The molecule has 0 aliphatic carbocycles. The van der Waals surface area contributed by atoms with E-state index in [0.29, 0.717) is 10.9 Å². The monoisotopic (exact) mass is 497 g/mol. The van der Waals surface area contributed by atoms with Gasteiger partial charge in [-0.3, -0.25) is 9.79 Å². The Morgan fingerprint density at radius 1 is 1.15 bits per heavy atom. The van der Waals surface area contributed by atoms with E-state index in [4.69, 9.17) is 0 Å². The van der Waals surface area contributed by atoms with Crippen LogP contribution in [-0.4, -0.2) is 48.8 Å². The molecule has 33 heavy (non-hydrogen) atoms. The van der Waals surface area contributed by atoms with Crippen molar-refractivity contribution in [2.75, 3.05) is 28.3 Å². The van der Waals surface area contributed by atoms with E-state index in [-0.39, 0.29) is 29.0 Å². The number of carbonyl (C=O) groups is 1. The molecule has 11 heteroatoms. The van der Waals surface area contributed by atoms with Crippen molar-refractivity contribution in [3.63, 3.8) is 0 Å². The van der Waals surface area contributed by atoms with E-state index in [9.17, 15) is 26.4 Å². The molecule has 1 amide bonds. The first-order chi connectivity index (χ1) is 15.4. The van der Waals surface area contributed by atoms with Crippen molar-refractivity contribution in [3.8, 4) is 0 Å². The van der Waals surface area contributed by atoms with Crippen molar-refractivity contribution in [2.45, 2.75) is 31.3 Å². The van der Waals surface area contributed by atoms with E-state index < -0.39 is 33.5 Å². The minimum atomic E-state index is -4.61. The van der Waals surface area contributed by atoms with Crippen LogP contribution in [0.1, 0.15) is 16.7 Å². The van der Waals surface area contributed by atoms with Gasteiger partial charge in [-0.05, 0) is 49.2 Å². The second kappa shape index (κ2) is 8.68. The van der Waals surface area contributed by atoms with Gasteiger partial charge in [-0.15, -0.1) is 0 Å². The Hall–Kier alpha value is -2.53. The Balaban J connectivity index is 1.62. The number of sulfone groups is 1. The summed E-state index contributed by atoms with van der Waals surface area (Å²) in [6.07, 6.45) is -4.61. The molecule has 176 valence electrons. The largest absolute Gasteiger partial charge is 0.418 e. The number of halogens is 3. The van der Waals surface area contributed by atoms with E-state index in [1.807, 2.05) is 32.0 Å². The van der Waals surface area contributed by atoms with E-state index in [1.165, 1.54) is 30.0 Å². The highest BCUT2D eigenvalue weighted by molar-refractivity contribution is 8.15. The Kier molecular flexibility index (Phi) is 6.21. The van der Waals surface area contributed by atoms with Crippen molar-refractivity contribution >= 4 is 44.0 Å². The summed E-state index contributed by atoms with van der Waals surface area (Å²) in [5.74, 6) is -0.667. The van der Waals surface area contributed by atoms with Crippen LogP contribution in [-0.2, 0) is 20.8 Å². The molecule has 1 fully saturated rings. The van der Waals surface area contributed by atoms with Crippen LogP contribution in [0.3, 0.4) is 0 Å². The molecule has 0 saturated carbocycles. The SMILES string of the molecule is Cc1cc(C)cc(N(CC(=O)Nc2ccccc2C(F)(F)F)C2=N[C@H]3CS(=O)(=O)C[C@H]3S2)c1. The smallest absolute Gasteiger partial charge is 0.324 e. The fourth-order valence-corrected chi connectivity index (χ4v) is 7.80. The van der Waals surface area contributed by atoms with Crippen LogP contribution in [0.2, 0.25) is 0 Å². The van der Waals surface area contributed by atoms with Crippen molar-refractivity contribution in [2.24, 2.45) is 4.99 Å². The van der Waals surface area contributed by atoms with Gasteiger partial charge in [0.05, 0.1) is 28.8 Å². The van der Waals surface area contributed by atoms with Gasteiger partial charge < -0.3 is 10.2 Å². The molecule has 2 aromatic rings. The van der Waals surface area contributed by atoms with Crippen LogP contribution in [0.15, 0.2) is 47.5 Å². The van der Waals surface area contributed by atoms with Gasteiger partial charge in [0.15, 0.2) is 15.0 Å². The first-order valence-electron chi connectivity index (χ1n) is 10.2. The standard InChI is InChI=1S/C22H22F3N3O3S2/c1-13-7-14(2)9-15(8-13)28(21-27-18-11-33(30,31)12-19(18)32-21)10-20(29)26-17-6-4-3-5-16(17)22(23,24)25/h3-9,18-19H,10-12H2,1-2H3,(H,26,29)/t18-,19+/m0/s1. The molecule has 0 spiro atoms. The predicted octanol–water partition coefficient (Wildman–Crippen LogP) is 4.04. The maximum absolute atomic E-state index is 13.3. The van der Waals surface area contributed by atoms with Crippen LogP contribution in [0, 0.1) is 13.8 Å². The summed E-state index contributed by atoms with van der Waals surface area (Å²) >= 11 is 1.29. The molecule has 2 aliphatic rings. The number of fused-ring (bicyclic) bond motifs is 1. The second-order valence-electron chi connectivity index (χ2n) is 8.24. The number of rotatable bonds is 4. The molecule has 2 atom stereocenters. The molecule has 0 bridgehead atoms. The fraction of sp³-hybridized carbons (Fsp3) is 0.364. The number of benzene rings is 2. The molecule has 1 saturated heterocycles. The molecule has 4 rings (SSSR count). The summed E-state index contributed by atoms with van der Waals surface area (Å²) in [7, 11) is -3.15. The lowest BCUT2D eigenvalue weighted by molar-refractivity contribution is -0.137. The summed E-state index contributed by atoms with van der Waals surface area (Å²) < 4.78 is 63.8. The number of aryl methyl sites for hydroxylation is 2. The minimum Gasteiger partial charge on any atom is -0.324 e. The van der Waals surface area contributed by atoms with Gasteiger partial charge in [0, 0.05) is 10.9 Å².